The minimum Gasteiger partial charge on any atom is -0.329 e. The van der Waals surface area contributed by atoms with Crippen LogP contribution in [-0.4, -0.2) is 53.8 Å². The molecule has 22 heavy (non-hydrogen) atoms. The van der Waals surface area contributed by atoms with Crippen molar-refractivity contribution in [1.29, 1.82) is 0 Å². The number of imide groups is 1. The van der Waals surface area contributed by atoms with Crippen molar-refractivity contribution in [2.24, 2.45) is 5.73 Å². The Hall–Kier alpha value is -1.43. The second-order valence-corrected chi connectivity index (χ2v) is 5.73. The third-order valence-corrected chi connectivity index (χ3v) is 4.51. The van der Waals surface area contributed by atoms with Crippen LogP contribution in [0.1, 0.15) is 40.0 Å². The van der Waals surface area contributed by atoms with Crippen molar-refractivity contribution in [2.75, 3.05) is 26.2 Å². The number of carbonyl (C=O) groups excluding carboxylic acids is 2. The first-order chi connectivity index (χ1) is 10.2. The highest BCUT2D eigenvalue weighted by Gasteiger charge is 2.35. The maximum absolute atomic E-state index is 12.3. The lowest BCUT2D eigenvalue weighted by atomic mass is 10.0. The van der Waals surface area contributed by atoms with Gasteiger partial charge in [-0.3, -0.25) is 19.4 Å². The number of nitrogens with zero attached hydrogens (tertiary/aromatic N) is 2. The maximum Gasteiger partial charge on any atom is 0.261 e. The van der Waals surface area contributed by atoms with Crippen molar-refractivity contribution in [3.05, 3.63) is 35.4 Å². The largest absolute Gasteiger partial charge is 0.329 e. The van der Waals surface area contributed by atoms with Gasteiger partial charge in [-0.1, -0.05) is 18.6 Å². The molecule has 1 atom stereocenters. The Kier molecular flexibility index (Phi) is 5.56. The summed E-state index contributed by atoms with van der Waals surface area (Å²) in [6.45, 7) is 2.81. The van der Waals surface area contributed by atoms with Crippen molar-refractivity contribution in [3.8, 4) is 0 Å². The summed E-state index contributed by atoms with van der Waals surface area (Å²) in [5, 5.41) is 0. The lowest BCUT2D eigenvalue weighted by Crippen LogP contribution is -2.47. The Labute approximate surface area is 136 Å². The quantitative estimate of drug-likeness (QED) is 0.853. The van der Waals surface area contributed by atoms with E-state index >= 15 is 0 Å². The molecule has 6 heteroatoms. The van der Waals surface area contributed by atoms with Gasteiger partial charge < -0.3 is 5.73 Å². The third kappa shape index (κ3) is 3.02. The van der Waals surface area contributed by atoms with E-state index in [2.05, 4.69) is 4.90 Å². The van der Waals surface area contributed by atoms with Gasteiger partial charge in [0, 0.05) is 25.7 Å². The van der Waals surface area contributed by atoms with E-state index in [0.717, 1.165) is 13.0 Å². The zero-order valence-corrected chi connectivity index (χ0v) is 13.3. The number of rotatable bonds is 4. The fourth-order valence-electron chi connectivity index (χ4n) is 3.29. The number of fused-ring (bicyclic) bond motifs is 1. The van der Waals surface area contributed by atoms with E-state index < -0.39 is 0 Å². The van der Waals surface area contributed by atoms with Crippen molar-refractivity contribution < 1.29 is 9.59 Å². The maximum atomic E-state index is 12.3. The number of hydrogen-bond donors (Lipinski definition) is 1. The van der Waals surface area contributed by atoms with E-state index in [1.54, 1.807) is 24.3 Å². The molecule has 0 saturated carbocycles. The van der Waals surface area contributed by atoms with Crippen LogP contribution in [0.25, 0.3) is 0 Å². The van der Waals surface area contributed by atoms with Crippen molar-refractivity contribution in [3.63, 3.8) is 0 Å². The first-order valence-electron chi connectivity index (χ1n) is 7.61. The Morgan fingerprint density at radius 3 is 2.27 bits per heavy atom. The molecule has 0 aliphatic carbocycles. The summed E-state index contributed by atoms with van der Waals surface area (Å²) in [5.74, 6) is -0.339. The van der Waals surface area contributed by atoms with Crippen LogP contribution in [0.15, 0.2) is 24.3 Å². The van der Waals surface area contributed by atoms with E-state index in [-0.39, 0.29) is 24.2 Å². The van der Waals surface area contributed by atoms with Gasteiger partial charge in [-0.15, -0.1) is 12.4 Å². The number of carbonyl (C=O) groups is 2. The average Bonchev–Trinajstić information content (AvgIpc) is 2.78. The van der Waals surface area contributed by atoms with Gasteiger partial charge in [0.2, 0.25) is 0 Å². The van der Waals surface area contributed by atoms with Gasteiger partial charge in [-0.2, -0.15) is 0 Å². The number of hydrogen-bond acceptors (Lipinski definition) is 4. The van der Waals surface area contributed by atoms with Crippen molar-refractivity contribution in [2.45, 2.75) is 25.3 Å². The molecule has 0 aromatic heterocycles. The topological polar surface area (TPSA) is 66.6 Å². The highest BCUT2D eigenvalue weighted by molar-refractivity contribution is 6.21. The van der Waals surface area contributed by atoms with E-state index in [4.69, 9.17) is 5.73 Å². The van der Waals surface area contributed by atoms with Crippen LogP contribution in [0.2, 0.25) is 0 Å². The number of benzene rings is 1. The Balaban J connectivity index is 0.00000176. The zero-order valence-electron chi connectivity index (χ0n) is 12.5. The van der Waals surface area contributed by atoms with E-state index in [1.165, 1.54) is 17.7 Å². The molecule has 1 fully saturated rings. The number of halogens is 1. The number of nitrogens with two attached hydrogens (primary N) is 1. The molecule has 2 aliphatic rings. The van der Waals surface area contributed by atoms with Crippen molar-refractivity contribution >= 4 is 24.2 Å². The predicted molar refractivity (Wildman–Crippen MR) is 87.3 cm³/mol. The summed E-state index contributed by atoms with van der Waals surface area (Å²) in [7, 11) is 0. The molecule has 0 radical (unpaired) electrons. The molecular formula is C16H22ClN3O2. The molecule has 2 aliphatic heterocycles. The molecule has 1 saturated heterocycles. The average molecular weight is 324 g/mol. The first kappa shape index (κ1) is 16.9. The second-order valence-electron chi connectivity index (χ2n) is 5.73. The molecule has 1 aromatic rings. The molecule has 0 bridgehead atoms. The van der Waals surface area contributed by atoms with E-state index in [9.17, 15) is 9.59 Å². The molecule has 5 nitrogen and oxygen atoms in total. The minimum absolute atomic E-state index is 0. The summed E-state index contributed by atoms with van der Waals surface area (Å²) in [5.41, 5.74) is 6.86. The first-order valence-corrected chi connectivity index (χ1v) is 7.61. The minimum atomic E-state index is -0.170. The van der Waals surface area contributed by atoms with Gasteiger partial charge in [-0.05, 0) is 31.5 Å². The summed E-state index contributed by atoms with van der Waals surface area (Å²) in [6.07, 6.45) is 3.49. The molecule has 1 unspecified atom stereocenters. The zero-order chi connectivity index (χ0) is 14.8. The van der Waals surface area contributed by atoms with Gasteiger partial charge in [-0.25, -0.2) is 0 Å². The Morgan fingerprint density at radius 1 is 1.05 bits per heavy atom. The standard InChI is InChI=1S/C16H21N3O2.ClH/c17-11-12-5-3-4-8-18(12)9-10-19-15(20)13-6-1-2-7-14(13)16(19)21;/h1-2,6-7,12H,3-5,8-11,17H2;1H. The fourth-order valence-corrected chi connectivity index (χ4v) is 3.29. The fraction of sp³-hybridized carbons (Fsp3) is 0.500. The lowest BCUT2D eigenvalue weighted by Gasteiger charge is -2.35. The molecule has 2 heterocycles. The van der Waals surface area contributed by atoms with Gasteiger partial charge in [0.25, 0.3) is 11.8 Å². The summed E-state index contributed by atoms with van der Waals surface area (Å²) in [4.78, 5) is 28.3. The van der Waals surface area contributed by atoms with Crippen LogP contribution in [0.5, 0.6) is 0 Å². The van der Waals surface area contributed by atoms with E-state index in [1.807, 2.05) is 0 Å². The van der Waals surface area contributed by atoms with Gasteiger partial charge in [0.15, 0.2) is 0 Å². The monoisotopic (exact) mass is 323 g/mol. The van der Waals surface area contributed by atoms with Crippen LogP contribution in [0.4, 0.5) is 0 Å². The van der Waals surface area contributed by atoms with E-state index in [0.29, 0.717) is 36.8 Å². The summed E-state index contributed by atoms with van der Waals surface area (Å²) < 4.78 is 0. The highest BCUT2D eigenvalue weighted by Crippen LogP contribution is 2.23. The molecular weight excluding hydrogens is 302 g/mol. The number of likely N-dealkylation sites (tertiary alicyclic amines) is 1. The Morgan fingerprint density at radius 2 is 1.68 bits per heavy atom. The van der Waals surface area contributed by atoms with Crippen LogP contribution in [0.3, 0.4) is 0 Å². The smallest absolute Gasteiger partial charge is 0.261 e. The Bertz CT molecular complexity index is 529. The van der Waals surface area contributed by atoms with Gasteiger partial charge in [0.05, 0.1) is 11.1 Å². The van der Waals surface area contributed by atoms with Crippen LogP contribution < -0.4 is 5.73 Å². The molecule has 3 rings (SSSR count). The summed E-state index contributed by atoms with van der Waals surface area (Å²) in [6, 6.07) is 7.41. The summed E-state index contributed by atoms with van der Waals surface area (Å²) >= 11 is 0. The third-order valence-electron chi connectivity index (χ3n) is 4.51. The van der Waals surface area contributed by atoms with Crippen LogP contribution in [-0.2, 0) is 0 Å². The second kappa shape index (κ2) is 7.22. The molecule has 120 valence electrons. The molecule has 2 N–H and O–H groups in total. The predicted octanol–water partition coefficient (Wildman–Crippen LogP) is 1.52. The van der Waals surface area contributed by atoms with Gasteiger partial charge in [0.1, 0.15) is 0 Å². The lowest BCUT2D eigenvalue weighted by molar-refractivity contribution is 0.0610. The SMILES string of the molecule is Cl.NCC1CCCCN1CCN1C(=O)c2ccccc2C1=O. The van der Waals surface area contributed by atoms with Crippen molar-refractivity contribution in [1.82, 2.24) is 9.80 Å². The number of piperidine rings is 1. The molecule has 2 amide bonds. The van der Waals surface area contributed by atoms with Crippen LogP contribution >= 0.6 is 12.4 Å². The van der Waals surface area contributed by atoms with Gasteiger partial charge >= 0.3 is 0 Å². The normalized spacial score (nSPS) is 21.7. The number of amides is 2. The molecule has 0 spiro atoms. The highest BCUT2D eigenvalue weighted by atomic mass is 35.5. The molecule has 1 aromatic carbocycles. The van der Waals surface area contributed by atoms with Crippen LogP contribution in [0, 0.1) is 0 Å².